The van der Waals surface area contributed by atoms with Crippen molar-refractivity contribution in [3.63, 3.8) is 0 Å². The molecule has 1 heterocycles. The van der Waals surface area contributed by atoms with Gasteiger partial charge in [-0.15, -0.1) is 0 Å². The summed E-state index contributed by atoms with van der Waals surface area (Å²) >= 11 is 6.16. The molecule has 2 aromatic rings. The molecule has 128 valence electrons. The Labute approximate surface area is 147 Å². The number of halogens is 1. The summed E-state index contributed by atoms with van der Waals surface area (Å²) in [5.74, 6) is 0.299. The molecule has 0 bridgehead atoms. The van der Waals surface area contributed by atoms with Crippen molar-refractivity contribution in [1.82, 2.24) is 4.98 Å². The Hall–Kier alpha value is -1.63. The average molecular weight is 366 g/mol. The zero-order valence-electron chi connectivity index (χ0n) is 13.2. The first kappa shape index (κ1) is 17.2. The second kappa shape index (κ2) is 6.70. The molecule has 1 aromatic heterocycles. The molecule has 0 aliphatic heterocycles. The normalized spacial score (nSPS) is 16.9. The monoisotopic (exact) mass is 365 g/mol. The van der Waals surface area contributed by atoms with Crippen LogP contribution in [0.25, 0.3) is 0 Å². The minimum atomic E-state index is -3.82. The number of primary sulfonamides is 1. The Bertz CT molecular complexity index is 833. The van der Waals surface area contributed by atoms with Gasteiger partial charge in [0.15, 0.2) is 0 Å². The van der Waals surface area contributed by atoms with Crippen LogP contribution in [0, 0.1) is 0 Å². The summed E-state index contributed by atoms with van der Waals surface area (Å²) in [5, 5.41) is 9.20. The first-order valence-corrected chi connectivity index (χ1v) is 9.81. The van der Waals surface area contributed by atoms with E-state index in [2.05, 4.69) is 16.4 Å². The highest BCUT2D eigenvalue weighted by molar-refractivity contribution is 7.89. The van der Waals surface area contributed by atoms with Crippen LogP contribution < -0.4 is 10.5 Å². The smallest absolute Gasteiger partial charge is 0.241 e. The van der Waals surface area contributed by atoms with Crippen molar-refractivity contribution in [2.24, 2.45) is 5.14 Å². The minimum Gasteiger partial charge on any atom is -0.368 e. The van der Waals surface area contributed by atoms with Crippen molar-refractivity contribution in [3.8, 4) is 0 Å². The Morgan fingerprint density at radius 3 is 2.62 bits per heavy atom. The summed E-state index contributed by atoms with van der Waals surface area (Å²) in [6.07, 6.45) is 5.88. The average Bonchev–Trinajstić information content (AvgIpc) is 3.02. The van der Waals surface area contributed by atoms with Crippen LogP contribution in [0.5, 0.6) is 0 Å². The fourth-order valence-electron chi connectivity index (χ4n) is 3.44. The highest BCUT2D eigenvalue weighted by Crippen LogP contribution is 2.42. The van der Waals surface area contributed by atoms with Crippen molar-refractivity contribution < 1.29 is 8.42 Å². The third kappa shape index (κ3) is 3.55. The third-order valence-electron chi connectivity index (χ3n) is 4.67. The molecule has 1 aliphatic carbocycles. The van der Waals surface area contributed by atoms with Crippen LogP contribution in [0.4, 0.5) is 5.82 Å². The number of nitrogens with two attached hydrogens (primary N) is 1. The Morgan fingerprint density at radius 1 is 1.21 bits per heavy atom. The lowest BCUT2D eigenvalue weighted by Gasteiger charge is -2.30. The molecule has 0 atom stereocenters. The van der Waals surface area contributed by atoms with Gasteiger partial charge in [-0.05, 0) is 42.7 Å². The van der Waals surface area contributed by atoms with Gasteiger partial charge in [-0.2, -0.15) is 0 Å². The Morgan fingerprint density at radius 2 is 1.96 bits per heavy atom. The first-order chi connectivity index (χ1) is 11.4. The van der Waals surface area contributed by atoms with Crippen molar-refractivity contribution in [2.75, 3.05) is 11.9 Å². The lowest BCUT2D eigenvalue weighted by Crippen LogP contribution is -2.32. The Balaban J connectivity index is 1.89. The topological polar surface area (TPSA) is 85.1 Å². The number of aromatic nitrogens is 1. The molecule has 0 spiro atoms. The fourth-order valence-corrected chi connectivity index (χ4v) is 4.30. The van der Waals surface area contributed by atoms with Gasteiger partial charge in [0.25, 0.3) is 0 Å². The molecule has 1 aliphatic rings. The van der Waals surface area contributed by atoms with E-state index >= 15 is 0 Å². The molecule has 1 fully saturated rings. The van der Waals surface area contributed by atoms with Crippen LogP contribution in [-0.2, 0) is 15.4 Å². The number of pyridine rings is 1. The molecule has 5 nitrogen and oxygen atoms in total. The number of benzene rings is 1. The van der Waals surface area contributed by atoms with E-state index in [0.717, 1.165) is 25.7 Å². The number of nitrogens with zero attached hydrogens (tertiary/aromatic N) is 1. The van der Waals surface area contributed by atoms with Crippen LogP contribution in [0.2, 0.25) is 5.02 Å². The molecule has 0 amide bonds. The lowest BCUT2D eigenvalue weighted by atomic mass is 9.79. The van der Waals surface area contributed by atoms with E-state index in [1.54, 1.807) is 12.3 Å². The molecule has 24 heavy (non-hydrogen) atoms. The van der Waals surface area contributed by atoms with Crippen LogP contribution in [0.3, 0.4) is 0 Å². The Kier molecular flexibility index (Phi) is 4.80. The highest BCUT2D eigenvalue weighted by atomic mass is 35.5. The van der Waals surface area contributed by atoms with Crippen molar-refractivity contribution >= 4 is 27.4 Å². The highest BCUT2D eigenvalue weighted by Gasteiger charge is 2.36. The summed E-state index contributed by atoms with van der Waals surface area (Å²) in [5.41, 5.74) is 1.10. The predicted octanol–water partition coefficient (Wildman–Crippen LogP) is 3.31. The summed E-state index contributed by atoms with van der Waals surface area (Å²) in [7, 11) is -3.82. The van der Waals surface area contributed by atoms with E-state index in [1.807, 2.05) is 18.2 Å². The van der Waals surface area contributed by atoms with E-state index in [-0.39, 0.29) is 10.3 Å². The van der Waals surface area contributed by atoms with Crippen LogP contribution >= 0.6 is 11.6 Å². The number of rotatable bonds is 5. The van der Waals surface area contributed by atoms with E-state index < -0.39 is 10.0 Å². The maximum Gasteiger partial charge on any atom is 0.241 e. The van der Waals surface area contributed by atoms with Crippen molar-refractivity contribution in [3.05, 3.63) is 53.2 Å². The molecule has 7 heteroatoms. The standard InChI is InChI=1S/C17H20ClN3O2S/c18-14-6-3-5-13(11-14)17(8-1-2-9-17)12-21-16-15(24(19,22)23)7-4-10-20-16/h3-7,10-11H,1-2,8-9,12H2,(H,20,21)(H2,19,22,23). The van der Waals surface area contributed by atoms with Gasteiger partial charge in [0, 0.05) is 23.2 Å². The second-order valence-electron chi connectivity index (χ2n) is 6.25. The predicted molar refractivity (Wildman–Crippen MR) is 95.7 cm³/mol. The third-order valence-corrected chi connectivity index (χ3v) is 5.85. The van der Waals surface area contributed by atoms with E-state index in [4.69, 9.17) is 16.7 Å². The quantitative estimate of drug-likeness (QED) is 0.851. The van der Waals surface area contributed by atoms with Crippen LogP contribution in [0.15, 0.2) is 47.5 Å². The van der Waals surface area contributed by atoms with Crippen LogP contribution in [-0.4, -0.2) is 19.9 Å². The number of hydrogen-bond acceptors (Lipinski definition) is 4. The summed E-state index contributed by atoms with van der Waals surface area (Å²) < 4.78 is 23.4. The molecule has 0 radical (unpaired) electrons. The number of nitrogens with one attached hydrogen (secondary N) is 1. The van der Waals surface area contributed by atoms with Crippen LogP contribution in [0.1, 0.15) is 31.2 Å². The van der Waals surface area contributed by atoms with Gasteiger partial charge in [-0.3, -0.25) is 0 Å². The number of hydrogen-bond donors (Lipinski definition) is 2. The van der Waals surface area contributed by atoms with E-state index in [9.17, 15) is 8.42 Å². The largest absolute Gasteiger partial charge is 0.368 e. The summed E-state index contributed by atoms with van der Waals surface area (Å²) in [6, 6.07) is 10.9. The molecule has 1 aromatic carbocycles. The van der Waals surface area contributed by atoms with Gasteiger partial charge in [0.2, 0.25) is 10.0 Å². The van der Waals surface area contributed by atoms with Gasteiger partial charge in [-0.1, -0.05) is 36.6 Å². The number of sulfonamides is 1. The summed E-state index contributed by atoms with van der Waals surface area (Å²) in [6.45, 7) is 0.590. The zero-order valence-corrected chi connectivity index (χ0v) is 14.8. The van der Waals surface area contributed by atoms with Gasteiger partial charge in [0.05, 0.1) is 0 Å². The molecule has 3 rings (SSSR count). The molecular weight excluding hydrogens is 346 g/mol. The molecule has 3 N–H and O–H groups in total. The fraction of sp³-hybridized carbons (Fsp3) is 0.353. The zero-order chi connectivity index (χ0) is 17.2. The van der Waals surface area contributed by atoms with Gasteiger partial charge >= 0.3 is 0 Å². The first-order valence-electron chi connectivity index (χ1n) is 7.88. The van der Waals surface area contributed by atoms with Gasteiger partial charge in [0.1, 0.15) is 10.7 Å². The van der Waals surface area contributed by atoms with Gasteiger partial charge < -0.3 is 5.32 Å². The van der Waals surface area contributed by atoms with Crippen molar-refractivity contribution in [2.45, 2.75) is 36.0 Å². The van der Waals surface area contributed by atoms with Crippen molar-refractivity contribution in [1.29, 1.82) is 0 Å². The summed E-state index contributed by atoms with van der Waals surface area (Å²) in [4.78, 5) is 4.17. The second-order valence-corrected chi connectivity index (χ2v) is 8.21. The minimum absolute atomic E-state index is 0.0178. The lowest BCUT2D eigenvalue weighted by molar-refractivity contribution is 0.466. The van der Waals surface area contributed by atoms with Gasteiger partial charge in [-0.25, -0.2) is 18.5 Å². The molecule has 0 unspecified atom stereocenters. The van der Waals surface area contributed by atoms with E-state index in [0.29, 0.717) is 17.4 Å². The molecule has 0 saturated heterocycles. The maximum absolute atomic E-state index is 11.7. The van der Waals surface area contributed by atoms with E-state index in [1.165, 1.54) is 11.6 Å². The SMILES string of the molecule is NS(=O)(=O)c1cccnc1NCC1(c2cccc(Cl)c2)CCCC1. The number of anilines is 1. The molecular formula is C17H20ClN3O2S. The maximum atomic E-state index is 11.7. The molecule has 1 saturated carbocycles.